The lowest BCUT2D eigenvalue weighted by Gasteiger charge is -2.39. The quantitative estimate of drug-likeness (QED) is 0.819. The Morgan fingerprint density at radius 3 is 2.89 bits per heavy atom. The van der Waals surface area contributed by atoms with Crippen molar-refractivity contribution in [3.05, 3.63) is 35.5 Å². The van der Waals surface area contributed by atoms with Gasteiger partial charge in [0.25, 0.3) is 0 Å². The average molecular weight is 370 g/mol. The van der Waals surface area contributed by atoms with Crippen LogP contribution in [0.25, 0.3) is 10.9 Å². The van der Waals surface area contributed by atoms with Gasteiger partial charge in [-0.15, -0.1) is 0 Å². The summed E-state index contributed by atoms with van der Waals surface area (Å²) in [6.07, 6.45) is 3.94. The zero-order valence-corrected chi connectivity index (χ0v) is 16.8. The highest BCUT2D eigenvalue weighted by Gasteiger charge is 2.36. The maximum absolute atomic E-state index is 12.7. The Bertz CT molecular complexity index is 824. The Morgan fingerprint density at radius 1 is 1.37 bits per heavy atom. The van der Waals surface area contributed by atoms with Gasteiger partial charge in [0.1, 0.15) is 0 Å². The second-order valence-electron chi connectivity index (χ2n) is 8.23. The van der Waals surface area contributed by atoms with Gasteiger partial charge in [-0.1, -0.05) is 25.5 Å². The highest BCUT2D eigenvalue weighted by molar-refractivity contribution is 5.85. The number of nitrogens with zero attached hydrogens (tertiary/aromatic N) is 1. The van der Waals surface area contributed by atoms with E-state index in [9.17, 15) is 9.59 Å². The molecular formula is C22H31N3O2. The summed E-state index contributed by atoms with van der Waals surface area (Å²) in [6, 6.07) is 6.33. The lowest BCUT2D eigenvalue weighted by molar-refractivity contribution is -0.142. The number of benzene rings is 1. The van der Waals surface area contributed by atoms with Crippen LogP contribution in [0.1, 0.15) is 44.7 Å². The lowest BCUT2D eigenvalue weighted by Crippen LogP contribution is -2.52. The van der Waals surface area contributed by atoms with E-state index < -0.39 is 0 Å². The minimum atomic E-state index is -0.119. The first-order chi connectivity index (χ1) is 12.9. The molecule has 2 atom stereocenters. The number of carbonyl (C=O) groups excluding carboxylic acids is 2. The van der Waals surface area contributed by atoms with Crippen LogP contribution in [0.2, 0.25) is 0 Å². The van der Waals surface area contributed by atoms with Crippen molar-refractivity contribution in [1.82, 2.24) is 15.2 Å². The van der Waals surface area contributed by atoms with E-state index in [-0.39, 0.29) is 23.8 Å². The number of piperidine rings is 1. The smallest absolute Gasteiger partial charge is 0.225 e. The minimum absolute atomic E-state index is 0.0376. The van der Waals surface area contributed by atoms with Crippen molar-refractivity contribution in [3.63, 3.8) is 0 Å². The van der Waals surface area contributed by atoms with Gasteiger partial charge in [0.2, 0.25) is 11.8 Å². The fourth-order valence-electron chi connectivity index (χ4n) is 4.07. The summed E-state index contributed by atoms with van der Waals surface area (Å²) in [6.45, 7) is 9.64. The van der Waals surface area contributed by atoms with Crippen molar-refractivity contribution >= 4 is 22.7 Å². The molecule has 0 radical (unpaired) electrons. The van der Waals surface area contributed by atoms with Gasteiger partial charge in [-0.3, -0.25) is 9.59 Å². The molecule has 1 saturated heterocycles. The standard InChI is InChI=1S/C22H31N3O2/c1-14(2)13-25-16(4)18(6-8-21(25)26)22(27)23-10-9-17-12-24-20-7-5-15(3)11-19(17)20/h5,7,11-12,14,16,18,24H,6,8-10,13H2,1-4H3,(H,23,27)/t16-,18-/m1/s1. The van der Waals surface area contributed by atoms with Crippen LogP contribution in [0.4, 0.5) is 0 Å². The van der Waals surface area contributed by atoms with Gasteiger partial charge in [-0.05, 0) is 50.3 Å². The van der Waals surface area contributed by atoms with E-state index in [0.717, 1.165) is 18.5 Å². The van der Waals surface area contributed by atoms with Gasteiger partial charge in [0.05, 0.1) is 5.92 Å². The van der Waals surface area contributed by atoms with E-state index in [1.807, 2.05) is 18.0 Å². The number of aromatic amines is 1. The van der Waals surface area contributed by atoms with Crippen LogP contribution in [0.5, 0.6) is 0 Å². The van der Waals surface area contributed by atoms with Crippen molar-refractivity contribution in [2.75, 3.05) is 13.1 Å². The highest BCUT2D eigenvalue weighted by atomic mass is 16.2. The van der Waals surface area contributed by atoms with Crippen LogP contribution < -0.4 is 5.32 Å². The molecule has 1 aliphatic heterocycles. The van der Waals surface area contributed by atoms with E-state index in [1.165, 1.54) is 16.5 Å². The number of likely N-dealkylation sites (tertiary alicyclic amines) is 1. The normalized spacial score (nSPS) is 20.5. The molecule has 2 heterocycles. The molecule has 0 spiro atoms. The predicted molar refractivity (Wildman–Crippen MR) is 108 cm³/mol. The Kier molecular flexibility index (Phi) is 5.88. The summed E-state index contributed by atoms with van der Waals surface area (Å²) >= 11 is 0. The number of amides is 2. The molecule has 2 aromatic rings. The summed E-state index contributed by atoms with van der Waals surface area (Å²) in [7, 11) is 0. The van der Waals surface area contributed by atoms with Crippen LogP contribution in [-0.2, 0) is 16.0 Å². The molecule has 5 heteroatoms. The summed E-state index contributed by atoms with van der Waals surface area (Å²) in [5, 5.41) is 4.32. The molecule has 146 valence electrons. The SMILES string of the molecule is Cc1ccc2[nH]cc(CCNC(=O)[C@@H]3CCC(=O)N(CC(C)C)[C@@H]3C)c2c1. The van der Waals surface area contributed by atoms with Gasteiger partial charge < -0.3 is 15.2 Å². The van der Waals surface area contributed by atoms with Crippen molar-refractivity contribution in [1.29, 1.82) is 0 Å². The predicted octanol–water partition coefficient (Wildman–Crippen LogP) is 3.42. The molecule has 1 aliphatic rings. The first-order valence-corrected chi connectivity index (χ1v) is 10.0. The molecule has 2 N–H and O–H groups in total. The molecule has 3 rings (SSSR count). The third kappa shape index (κ3) is 4.34. The molecule has 2 amide bonds. The summed E-state index contributed by atoms with van der Waals surface area (Å²) in [5.74, 6) is 0.532. The van der Waals surface area contributed by atoms with Crippen LogP contribution in [0.15, 0.2) is 24.4 Å². The van der Waals surface area contributed by atoms with Gasteiger partial charge in [-0.25, -0.2) is 0 Å². The maximum Gasteiger partial charge on any atom is 0.225 e. The van der Waals surface area contributed by atoms with E-state index in [4.69, 9.17) is 0 Å². The minimum Gasteiger partial charge on any atom is -0.361 e. The number of aromatic nitrogens is 1. The molecule has 0 saturated carbocycles. The van der Waals surface area contributed by atoms with Crippen LogP contribution >= 0.6 is 0 Å². The zero-order chi connectivity index (χ0) is 19.6. The van der Waals surface area contributed by atoms with E-state index in [0.29, 0.717) is 25.3 Å². The summed E-state index contributed by atoms with van der Waals surface area (Å²) in [4.78, 5) is 30.1. The molecule has 5 nitrogen and oxygen atoms in total. The van der Waals surface area contributed by atoms with Crippen molar-refractivity contribution < 1.29 is 9.59 Å². The molecule has 0 unspecified atom stereocenters. The molecule has 0 aliphatic carbocycles. The first-order valence-electron chi connectivity index (χ1n) is 10.0. The summed E-state index contributed by atoms with van der Waals surface area (Å²) in [5.41, 5.74) is 3.59. The average Bonchev–Trinajstić information content (AvgIpc) is 3.00. The summed E-state index contributed by atoms with van der Waals surface area (Å²) < 4.78 is 0. The van der Waals surface area contributed by atoms with Crippen LogP contribution in [0, 0.1) is 18.8 Å². The fraction of sp³-hybridized carbons (Fsp3) is 0.545. The number of hydrogen-bond donors (Lipinski definition) is 2. The number of aryl methyl sites for hydroxylation is 1. The second kappa shape index (κ2) is 8.15. The fourth-order valence-corrected chi connectivity index (χ4v) is 4.07. The van der Waals surface area contributed by atoms with Crippen molar-refractivity contribution in [2.45, 2.75) is 53.0 Å². The number of nitrogens with one attached hydrogen (secondary N) is 2. The number of hydrogen-bond acceptors (Lipinski definition) is 2. The van der Waals surface area contributed by atoms with E-state index in [1.54, 1.807) is 0 Å². The Hall–Kier alpha value is -2.30. The Balaban J connectivity index is 1.58. The number of fused-ring (bicyclic) bond motifs is 1. The number of H-pyrrole nitrogens is 1. The third-order valence-electron chi connectivity index (χ3n) is 5.58. The molecule has 0 bridgehead atoms. The van der Waals surface area contributed by atoms with Gasteiger partial charge >= 0.3 is 0 Å². The molecule has 1 fully saturated rings. The topological polar surface area (TPSA) is 65.2 Å². The van der Waals surface area contributed by atoms with Gasteiger partial charge in [-0.2, -0.15) is 0 Å². The van der Waals surface area contributed by atoms with Crippen molar-refractivity contribution in [3.8, 4) is 0 Å². The van der Waals surface area contributed by atoms with Gasteiger partial charge in [0.15, 0.2) is 0 Å². The third-order valence-corrected chi connectivity index (χ3v) is 5.58. The lowest BCUT2D eigenvalue weighted by atomic mass is 9.88. The van der Waals surface area contributed by atoms with Crippen LogP contribution in [0.3, 0.4) is 0 Å². The molecule has 1 aromatic carbocycles. The van der Waals surface area contributed by atoms with Gasteiger partial charge in [0, 0.05) is 42.7 Å². The number of rotatable bonds is 6. The number of carbonyl (C=O) groups is 2. The van der Waals surface area contributed by atoms with Crippen LogP contribution in [-0.4, -0.2) is 40.8 Å². The first kappa shape index (κ1) is 19.5. The Morgan fingerprint density at radius 2 is 2.15 bits per heavy atom. The van der Waals surface area contributed by atoms with E-state index in [2.05, 4.69) is 49.3 Å². The monoisotopic (exact) mass is 369 g/mol. The molecular weight excluding hydrogens is 338 g/mol. The molecule has 27 heavy (non-hydrogen) atoms. The zero-order valence-electron chi connectivity index (χ0n) is 16.8. The van der Waals surface area contributed by atoms with E-state index >= 15 is 0 Å². The highest BCUT2D eigenvalue weighted by Crippen LogP contribution is 2.26. The maximum atomic E-state index is 12.7. The Labute approximate surface area is 161 Å². The molecule has 1 aromatic heterocycles. The van der Waals surface area contributed by atoms with Crippen molar-refractivity contribution in [2.24, 2.45) is 11.8 Å². The second-order valence-corrected chi connectivity index (χ2v) is 8.23. The largest absolute Gasteiger partial charge is 0.361 e.